The number of pyridine rings is 1. The monoisotopic (exact) mass is 366 g/mol. The smallest absolute Gasteiger partial charge is 0.258 e. The SMILES string of the molecule is O=C(c1ccc(Br)cc1)N(Cc1ccccc1)c1cccnc1. The Bertz CT molecular complexity index is 773. The molecule has 3 rings (SSSR count). The van der Waals surface area contributed by atoms with Crippen LogP contribution in [0.5, 0.6) is 0 Å². The van der Waals surface area contributed by atoms with Gasteiger partial charge in [0.25, 0.3) is 5.91 Å². The Kier molecular flexibility index (Phi) is 4.83. The van der Waals surface area contributed by atoms with E-state index in [-0.39, 0.29) is 5.91 Å². The van der Waals surface area contributed by atoms with Gasteiger partial charge in [0.15, 0.2) is 0 Å². The van der Waals surface area contributed by atoms with Crippen LogP contribution in [-0.4, -0.2) is 10.9 Å². The van der Waals surface area contributed by atoms with Gasteiger partial charge < -0.3 is 4.90 Å². The Balaban J connectivity index is 1.94. The van der Waals surface area contributed by atoms with Gasteiger partial charge in [-0.05, 0) is 42.0 Å². The van der Waals surface area contributed by atoms with Crippen LogP contribution < -0.4 is 4.90 Å². The summed E-state index contributed by atoms with van der Waals surface area (Å²) in [5, 5.41) is 0. The van der Waals surface area contributed by atoms with Crippen molar-refractivity contribution >= 4 is 27.5 Å². The molecule has 4 heteroatoms. The molecule has 0 bridgehead atoms. The number of carbonyl (C=O) groups excluding carboxylic acids is 1. The van der Waals surface area contributed by atoms with Gasteiger partial charge in [0, 0.05) is 16.2 Å². The van der Waals surface area contributed by atoms with Crippen molar-refractivity contribution in [3.8, 4) is 0 Å². The van der Waals surface area contributed by atoms with Crippen molar-refractivity contribution in [3.05, 3.63) is 94.7 Å². The summed E-state index contributed by atoms with van der Waals surface area (Å²) >= 11 is 3.40. The molecule has 2 aromatic carbocycles. The van der Waals surface area contributed by atoms with Gasteiger partial charge in [-0.2, -0.15) is 0 Å². The molecule has 3 aromatic rings. The van der Waals surface area contributed by atoms with Crippen LogP contribution in [0.25, 0.3) is 0 Å². The zero-order valence-electron chi connectivity index (χ0n) is 12.4. The minimum atomic E-state index is -0.0469. The first-order valence-electron chi connectivity index (χ1n) is 7.25. The van der Waals surface area contributed by atoms with E-state index >= 15 is 0 Å². The van der Waals surface area contributed by atoms with Crippen LogP contribution in [0.4, 0.5) is 5.69 Å². The molecule has 0 aliphatic rings. The number of benzene rings is 2. The lowest BCUT2D eigenvalue weighted by Crippen LogP contribution is -2.30. The van der Waals surface area contributed by atoms with Crippen LogP contribution in [-0.2, 0) is 6.54 Å². The van der Waals surface area contributed by atoms with E-state index in [1.165, 1.54) is 0 Å². The van der Waals surface area contributed by atoms with Crippen molar-refractivity contribution in [3.63, 3.8) is 0 Å². The second kappa shape index (κ2) is 7.20. The highest BCUT2D eigenvalue weighted by molar-refractivity contribution is 9.10. The number of hydrogen-bond acceptors (Lipinski definition) is 2. The van der Waals surface area contributed by atoms with E-state index in [0.717, 1.165) is 15.7 Å². The zero-order chi connectivity index (χ0) is 16.1. The van der Waals surface area contributed by atoms with Crippen molar-refractivity contribution in [1.82, 2.24) is 4.98 Å². The lowest BCUT2D eigenvalue weighted by molar-refractivity contribution is 0.0985. The van der Waals surface area contributed by atoms with Crippen LogP contribution in [0.3, 0.4) is 0 Å². The lowest BCUT2D eigenvalue weighted by Gasteiger charge is -2.23. The summed E-state index contributed by atoms with van der Waals surface area (Å²) in [6.45, 7) is 0.501. The molecule has 0 saturated heterocycles. The Labute approximate surface area is 143 Å². The maximum absolute atomic E-state index is 12.9. The molecule has 1 aromatic heterocycles. The van der Waals surface area contributed by atoms with Gasteiger partial charge in [-0.1, -0.05) is 46.3 Å². The topological polar surface area (TPSA) is 33.2 Å². The van der Waals surface area contributed by atoms with Crippen molar-refractivity contribution in [2.45, 2.75) is 6.54 Å². The average Bonchev–Trinajstić information content (AvgIpc) is 2.61. The molecule has 0 atom stereocenters. The Morgan fingerprint density at radius 3 is 2.35 bits per heavy atom. The molecular weight excluding hydrogens is 352 g/mol. The number of halogens is 1. The summed E-state index contributed by atoms with van der Waals surface area (Å²) in [7, 11) is 0. The van der Waals surface area contributed by atoms with Crippen LogP contribution in [0.15, 0.2) is 83.6 Å². The second-order valence-corrected chi connectivity index (χ2v) is 6.01. The van der Waals surface area contributed by atoms with Crippen LogP contribution >= 0.6 is 15.9 Å². The van der Waals surface area contributed by atoms with Gasteiger partial charge in [0.05, 0.1) is 18.4 Å². The number of nitrogens with zero attached hydrogens (tertiary/aromatic N) is 2. The maximum atomic E-state index is 12.9. The summed E-state index contributed by atoms with van der Waals surface area (Å²) in [4.78, 5) is 18.8. The molecule has 0 aliphatic carbocycles. The average molecular weight is 367 g/mol. The van der Waals surface area contributed by atoms with Gasteiger partial charge >= 0.3 is 0 Å². The predicted octanol–water partition coefficient (Wildman–Crippen LogP) is 4.69. The van der Waals surface area contributed by atoms with E-state index in [1.807, 2.05) is 66.7 Å². The highest BCUT2D eigenvalue weighted by atomic mass is 79.9. The molecular formula is C19H15BrN2O. The molecule has 0 radical (unpaired) electrons. The minimum Gasteiger partial charge on any atom is -0.302 e. The number of amides is 1. The molecule has 0 spiro atoms. The molecule has 1 heterocycles. The van der Waals surface area contributed by atoms with E-state index < -0.39 is 0 Å². The Hall–Kier alpha value is -2.46. The number of rotatable bonds is 4. The molecule has 1 amide bonds. The largest absolute Gasteiger partial charge is 0.302 e. The van der Waals surface area contributed by atoms with E-state index in [0.29, 0.717) is 12.1 Å². The van der Waals surface area contributed by atoms with E-state index in [2.05, 4.69) is 20.9 Å². The lowest BCUT2D eigenvalue weighted by atomic mass is 10.1. The molecule has 23 heavy (non-hydrogen) atoms. The van der Waals surface area contributed by atoms with Crippen molar-refractivity contribution in [2.24, 2.45) is 0 Å². The standard InChI is InChI=1S/C19H15BrN2O/c20-17-10-8-16(9-11-17)19(23)22(18-7-4-12-21-13-18)14-15-5-2-1-3-6-15/h1-13H,14H2. The van der Waals surface area contributed by atoms with Gasteiger partial charge in [0.2, 0.25) is 0 Å². The first kappa shape index (κ1) is 15.4. The van der Waals surface area contributed by atoms with E-state index in [9.17, 15) is 4.79 Å². The molecule has 0 N–H and O–H groups in total. The molecule has 0 fully saturated rings. The summed E-state index contributed by atoms with van der Waals surface area (Å²) < 4.78 is 0.949. The fourth-order valence-electron chi connectivity index (χ4n) is 2.31. The quantitative estimate of drug-likeness (QED) is 0.670. The molecule has 0 aliphatic heterocycles. The normalized spacial score (nSPS) is 10.3. The summed E-state index contributed by atoms with van der Waals surface area (Å²) in [6.07, 6.45) is 3.41. The first-order valence-corrected chi connectivity index (χ1v) is 8.05. The first-order chi connectivity index (χ1) is 11.2. The van der Waals surface area contributed by atoms with Crippen LogP contribution in [0.2, 0.25) is 0 Å². The molecule has 0 saturated carbocycles. The van der Waals surface area contributed by atoms with Gasteiger partial charge in [-0.25, -0.2) is 0 Å². The number of carbonyl (C=O) groups is 1. The highest BCUT2D eigenvalue weighted by Gasteiger charge is 2.18. The van der Waals surface area contributed by atoms with Crippen molar-refractivity contribution in [1.29, 1.82) is 0 Å². The zero-order valence-corrected chi connectivity index (χ0v) is 14.0. The molecule has 3 nitrogen and oxygen atoms in total. The third-order valence-electron chi connectivity index (χ3n) is 3.48. The summed E-state index contributed by atoms with van der Waals surface area (Å²) in [6, 6.07) is 21.1. The van der Waals surface area contributed by atoms with Crippen LogP contribution in [0.1, 0.15) is 15.9 Å². The Morgan fingerprint density at radius 2 is 1.70 bits per heavy atom. The highest BCUT2D eigenvalue weighted by Crippen LogP contribution is 2.20. The number of anilines is 1. The Morgan fingerprint density at radius 1 is 0.957 bits per heavy atom. The van der Waals surface area contributed by atoms with E-state index in [4.69, 9.17) is 0 Å². The predicted molar refractivity (Wildman–Crippen MR) is 95.3 cm³/mol. The van der Waals surface area contributed by atoms with Crippen molar-refractivity contribution in [2.75, 3.05) is 4.90 Å². The second-order valence-electron chi connectivity index (χ2n) is 5.10. The third-order valence-corrected chi connectivity index (χ3v) is 4.01. The van der Waals surface area contributed by atoms with Gasteiger partial charge in [0.1, 0.15) is 0 Å². The summed E-state index contributed by atoms with van der Waals surface area (Å²) in [5.74, 6) is -0.0469. The van der Waals surface area contributed by atoms with E-state index in [1.54, 1.807) is 17.3 Å². The maximum Gasteiger partial charge on any atom is 0.258 e. The fourth-order valence-corrected chi connectivity index (χ4v) is 2.57. The third kappa shape index (κ3) is 3.85. The minimum absolute atomic E-state index is 0.0469. The number of hydrogen-bond donors (Lipinski definition) is 0. The molecule has 114 valence electrons. The molecule has 0 unspecified atom stereocenters. The van der Waals surface area contributed by atoms with Gasteiger partial charge in [-0.3, -0.25) is 9.78 Å². The van der Waals surface area contributed by atoms with Crippen LogP contribution in [0, 0.1) is 0 Å². The summed E-state index contributed by atoms with van der Waals surface area (Å²) in [5.41, 5.74) is 2.50. The van der Waals surface area contributed by atoms with Gasteiger partial charge in [-0.15, -0.1) is 0 Å². The fraction of sp³-hybridized carbons (Fsp3) is 0.0526. The number of aromatic nitrogens is 1. The van der Waals surface area contributed by atoms with Crippen molar-refractivity contribution < 1.29 is 4.79 Å².